The normalized spacial score (nSPS) is 12.4. The van der Waals surface area contributed by atoms with E-state index in [4.69, 9.17) is 9.47 Å². The molecule has 0 spiro atoms. The highest BCUT2D eigenvalue weighted by atomic mass is 16.7. The van der Waals surface area contributed by atoms with E-state index in [9.17, 15) is 4.79 Å². The van der Waals surface area contributed by atoms with E-state index in [1.54, 1.807) is 0 Å². The minimum atomic E-state index is -0.341. The largest absolute Gasteiger partial charge is 0.436 e. The van der Waals surface area contributed by atoms with Gasteiger partial charge in [0.1, 0.15) is 0 Å². The molecular weight excluding hydrogens is 240 g/mol. The Hall–Kier alpha value is -0.570. The minimum Gasteiger partial charge on any atom is -0.436 e. The molecule has 0 aromatic rings. The third-order valence-corrected chi connectivity index (χ3v) is 3.19. The van der Waals surface area contributed by atoms with Crippen molar-refractivity contribution < 1.29 is 14.3 Å². The Morgan fingerprint density at radius 2 is 1.42 bits per heavy atom. The van der Waals surface area contributed by atoms with E-state index in [1.807, 2.05) is 6.92 Å². The van der Waals surface area contributed by atoms with Gasteiger partial charge in [0.05, 0.1) is 0 Å². The van der Waals surface area contributed by atoms with Crippen molar-refractivity contribution in [3.63, 3.8) is 0 Å². The predicted molar refractivity (Wildman–Crippen MR) is 79.0 cm³/mol. The Labute approximate surface area is 119 Å². The first-order valence-corrected chi connectivity index (χ1v) is 7.99. The molecule has 1 atom stereocenters. The van der Waals surface area contributed by atoms with Crippen LogP contribution in [0.4, 0.5) is 0 Å². The molecule has 114 valence electrons. The molecule has 0 fully saturated rings. The summed E-state index contributed by atoms with van der Waals surface area (Å²) in [4.78, 5) is 10.9. The molecule has 3 nitrogen and oxygen atoms in total. The van der Waals surface area contributed by atoms with Gasteiger partial charge in [-0.05, 0) is 13.3 Å². The summed E-state index contributed by atoms with van der Waals surface area (Å²) in [7, 11) is 0. The van der Waals surface area contributed by atoms with Crippen molar-refractivity contribution in [2.24, 2.45) is 0 Å². The van der Waals surface area contributed by atoms with E-state index in [2.05, 4.69) is 6.92 Å². The van der Waals surface area contributed by atoms with Crippen LogP contribution in [0.25, 0.3) is 0 Å². The van der Waals surface area contributed by atoms with Crippen LogP contribution < -0.4 is 0 Å². The van der Waals surface area contributed by atoms with Gasteiger partial charge in [-0.2, -0.15) is 0 Å². The van der Waals surface area contributed by atoms with Crippen LogP contribution in [-0.4, -0.2) is 18.9 Å². The zero-order chi connectivity index (χ0) is 14.3. The Balaban J connectivity index is 3.36. The van der Waals surface area contributed by atoms with Gasteiger partial charge in [-0.1, -0.05) is 58.3 Å². The summed E-state index contributed by atoms with van der Waals surface area (Å²) in [6.07, 6.45) is 12.2. The lowest BCUT2D eigenvalue weighted by atomic mass is 10.1. The quantitative estimate of drug-likeness (QED) is 0.273. The monoisotopic (exact) mass is 272 g/mol. The molecule has 0 aromatic carbocycles. The Bertz CT molecular complexity index is 204. The molecule has 1 unspecified atom stereocenters. The van der Waals surface area contributed by atoms with Gasteiger partial charge in [-0.25, -0.2) is 0 Å². The summed E-state index contributed by atoms with van der Waals surface area (Å²) in [5.74, 6) is -0.255. The van der Waals surface area contributed by atoms with Crippen molar-refractivity contribution in [1.29, 1.82) is 0 Å². The summed E-state index contributed by atoms with van der Waals surface area (Å²) in [6, 6.07) is 0. The van der Waals surface area contributed by atoms with Crippen molar-refractivity contribution >= 4 is 5.97 Å². The number of carbonyl (C=O) groups excluding carboxylic acids is 1. The minimum absolute atomic E-state index is 0.255. The maximum Gasteiger partial charge on any atom is 0.304 e. The third kappa shape index (κ3) is 13.7. The maximum absolute atomic E-state index is 10.9. The highest BCUT2D eigenvalue weighted by molar-refractivity contribution is 5.66. The molecule has 0 amide bonds. The number of unbranched alkanes of at least 4 members (excludes halogenated alkanes) is 8. The Kier molecular flexibility index (Phi) is 13.4. The topological polar surface area (TPSA) is 35.5 Å². The Morgan fingerprint density at radius 3 is 1.89 bits per heavy atom. The molecule has 0 saturated carbocycles. The van der Waals surface area contributed by atoms with Crippen LogP contribution in [0.2, 0.25) is 0 Å². The van der Waals surface area contributed by atoms with Gasteiger partial charge in [-0.3, -0.25) is 4.79 Å². The molecule has 0 aliphatic rings. The van der Waals surface area contributed by atoms with Crippen molar-refractivity contribution in [3.8, 4) is 0 Å². The molecule has 0 aromatic heterocycles. The second-order valence-corrected chi connectivity index (χ2v) is 5.11. The van der Waals surface area contributed by atoms with Crippen molar-refractivity contribution in [2.75, 3.05) is 6.61 Å². The van der Waals surface area contributed by atoms with Crippen molar-refractivity contribution in [2.45, 2.75) is 91.3 Å². The van der Waals surface area contributed by atoms with E-state index < -0.39 is 0 Å². The van der Waals surface area contributed by atoms with E-state index in [0.717, 1.165) is 12.8 Å². The number of rotatable bonds is 13. The maximum atomic E-state index is 10.9. The molecule has 0 aliphatic heterocycles. The second-order valence-electron chi connectivity index (χ2n) is 5.11. The highest BCUT2D eigenvalue weighted by Gasteiger charge is 2.10. The van der Waals surface area contributed by atoms with Gasteiger partial charge >= 0.3 is 5.97 Å². The molecule has 0 heterocycles. The van der Waals surface area contributed by atoms with Crippen molar-refractivity contribution in [1.82, 2.24) is 0 Å². The smallest absolute Gasteiger partial charge is 0.304 e. The Morgan fingerprint density at radius 1 is 0.895 bits per heavy atom. The zero-order valence-electron chi connectivity index (χ0n) is 13.1. The molecule has 19 heavy (non-hydrogen) atoms. The third-order valence-electron chi connectivity index (χ3n) is 3.19. The zero-order valence-corrected chi connectivity index (χ0v) is 13.1. The molecule has 3 heteroatoms. The van der Waals surface area contributed by atoms with Crippen LogP contribution >= 0.6 is 0 Å². The molecule has 0 rings (SSSR count). The van der Waals surface area contributed by atoms with E-state index in [-0.39, 0.29) is 12.3 Å². The summed E-state index contributed by atoms with van der Waals surface area (Å²) in [5, 5.41) is 0. The lowest BCUT2D eigenvalue weighted by Gasteiger charge is -2.16. The van der Waals surface area contributed by atoms with Gasteiger partial charge in [0, 0.05) is 20.0 Å². The van der Waals surface area contributed by atoms with Crippen LogP contribution in [0.5, 0.6) is 0 Å². The first-order chi connectivity index (χ1) is 9.20. The first-order valence-electron chi connectivity index (χ1n) is 7.99. The molecule has 0 aliphatic carbocycles. The van der Waals surface area contributed by atoms with Crippen LogP contribution in [0.15, 0.2) is 0 Å². The van der Waals surface area contributed by atoms with Crippen LogP contribution in [0.3, 0.4) is 0 Å². The summed E-state index contributed by atoms with van der Waals surface area (Å²) >= 11 is 0. The van der Waals surface area contributed by atoms with E-state index in [1.165, 1.54) is 58.3 Å². The van der Waals surface area contributed by atoms with Crippen LogP contribution in [0, 0.1) is 0 Å². The first kappa shape index (κ1) is 18.4. The van der Waals surface area contributed by atoms with Crippen LogP contribution in [-0.2, 0) is 14.3 Å². The van der Waals surface area contributed by atoms with Gasteiger partial charge in [-0.15, -0.1) is 0 Å². The average Bonchev–Trinajstić information content (AvgIpc) is 2.36. The summed E-state index contributed by atoms with van der Waals surface area (Å²) in [6.45, 7) is 6.20. The molecule has 0 bridgehead atoms. The summed E-state index contributed by atoms with van der Waals surface area (Å²) < 4.78 is 10.5. The predicted octanol–water partition coefficient (Wildman–Crippen LogP) is 4.83. The number of hydrogen-bond acceptors (Lipinski definition) is 3. The molecular formula is C16H32O3. The highest BCUT2D eigenvalue weighted by Crippen LogP contribution is 2.13. The average molecular weight is 272 g/mol. The van der Waals surface area contributed by atoms with Gasteiger partial charge in [0.25, 0.3) is 0 Å². The van der Waals surface area contributed by atoms with Crippen LogP contribution in [0.1, 0.15) is 85.0 Å². The fourth-order valence-corrected chi connectivity index (χ4v) is 2.17. The SMILES string of the molecule is CCCCCCCCCCCC(OCC)OC(C)=O. The standard InChI is InChI=1S/C16H32O3/c1-4-6-7-8-9-10-11-12-13-14-16(18-5-2)19-15(3)17/h16H,4-14H2,1-3H3. The van der Waals surface area contributed by atoms with Gasteiger partial charge in [0.2, 0.25) is 6.29 Å². The number of carbonyl (C=O) groups is 1. The van der Waals surface area contributed by atoms with Gasteiger partial charge < -0.3 is 9.47 Å². The number of ether oxygens (including phenoxy) is 2. The van der Waals surface area contributed by atoms with Gasteiger partial charge in [0.15, 0.2) is 0 Å². The lowest BCUT2D eigenvalue weighted by Crippen LogP contribution is -2.19. The number of hydrogen-bond donors (Lipinski definition) is 0. The molecule has 0 radical (unpaired) electrons. The molecule has 0 N–H and O–H groups in total. The fourth-order valence-electron chi connectivity index (χ4n) is 2.17. The van der Waals surface area contributed by atoms with E-state index >= 15 is 0 Å². The van der Waals surface area contributed by atoms with Crippen molar-refractivity contribution in [3.05, 3.63) is 0 Å². The second kappa shape index (κ2) is 13.9. The van der Waals surface area contributed by atoms with E-state index in [0.29, 0.717) is 6.61 Å². The lowest BCUT2D eigenvalue weighted by molar-refractivity contribution is -0.176. The fraction of sp³-hybridized carbons (Fsp3) is 0.938. The molecule has 0 saturated heterocycles. The number of esters is 1. The summed E-state index contributed by atoms with van der Waals surface area (Å²) in [5.41, 5.74) is 0.